The molecule has 0 radical (unpaired) electrons. The Hall–Kier alpha value is -1.35. The van der Waals surface area contributed by atoms with Crippen LogP contribution in [0.4, 0.5) is 0 Å². The Labute approximate surface area is 115 Å². The van der Waals surface area contributed by atoms with Gasteiger partial charge < -0.3 is 10.1 Å². The second-order valence-corrected chi connectivity index (χ2v) is 5.44. The number of carbonyl (C=O) groups is 1. The van der Waals surface area contributed by atoms with E-state index in [-0.39, 0.29) is 11.8 Å². The number of benzene rings is 1. The predicted molar refractivity (Wildman–Crippen MR) is 76.7 cm³/mol. The molecular weight excluding hydrogens is 238 g/mol. The van der Waals surface area contributed by atoms with E-state index in [1.807, 2.05) is 12.1 Å². The zero-order valence-electron chi connectivity index (χ0n) is 11.8. The predicted octanol–water partition coefficient (Wildman–Crippen LogP) is 2.90. The molecule has 1 N–H and O–H groups in total. The molecule has 19 heavy (non-hydrogen) atoms. The number of ketones is 1. The SMILES string of the molecule is CC(C)c1ccc(OCCC(=O)C2CCCN2)cc1. The van der Waals surface area contributed by atoms with Crippen molar-refractivity contribution in [2.24, 2.45) is 0 Å². The molecule has 0 bridgehead atoms. The second-order valence-electron chi connectivity index (χ2n) is 5.44. The quantitative estimate of drug-likeness (QED) is 0.855. The van der Waals surface area contributed by atoms with Crippen molar-refractivity contribution in [1.29, 1.82) is 0 Å². The average Bonchev–Trinajstić information content (AvgIpc) is 2.93. The molecule has 1 unspecified atom stereocenters. The Morgan fingerprint density at radius 2 is 2.11 bits per heavy atom. The number of hydrogen-bond donors (Lipinski definition) is 1. The van der Waals surface area contributed by atoms with Gasteiger partial charge in [-0.3, -0.25) is 4.79 Å². The van der Waals surface area contributed by atoms with Crippen molar-refractivity contribution in [2.45, 2.75) is 45.1 Å². The molecule has 1 fully saturated rings. The van der Waals surface area contributed by atoms with Gasteiger partial charge in [-0.1, -0.05) is 26.0 Å². The normalized spacial score (nSPS) is 18.8. The summed E-state index contributed by atoms with van der Waals surface area (Å²) < 4.78 is 5.62. The van der Waals surface area contributed by atoms with Gasteiger partial charge in [0.15, 0.2) is 5.78 Å². The standard InChI is InChI=1S/C16H23NO2/c1-12(2)13-5-7-14(8-6-13)19-11-9-16(18)15-4-3-10-17-15/h5-8,12,15,17H,3-4,9-11H2,1-2H3. The summed E-state index contributed by atoms with van der Waals surface area (Å²) in [4.78, 5) is 11.8. The smallest absolute Gasteiger partial charge is 0.153 e. The van der Waals surface area contributed by atoms with E-state index in [9.17, 15) is 4.79 Å². The summed E-state index contributed by atoms with van der Waals surface area (Å²) in [7, 11) is 0. The van der Waals surface area contributed by atoms with E-state index in [4.69, 9.17) is 4.74 Å². The lowest BCUT2D eigenvalue weighted by Gasteiger charge is -2.11. The van der Waals surface area contributed by atoms with Crippen LogP contribution in [-0.2, 0) is 4.79 Å². The number of rotatable bonds is 6. The van der Waals surface area contributed by atoms with Gasteiger partial charge in [0.25, 0.3) is 0 Å². The van der Waals surface area contributed by atoms with E-state index in [0.29, 0.717) is 18.9 Å². The Bertz CT molecular complexity index is 405. The molecule has 1 saturated heterocycles. The summed E-state index contributed by atoms with van der Waals surface area (Å²) in [6.45, 7) is 5.78. The fraction of sp³-hybridized carbons (Fsp3) is 0.562. The van der Waals surface area contributed by atoms with E-state index in [1.165, 1.54) is 5.56 Å². The molecule has 104 valence electrons. The van der Waals surface area contributed by atoms with Gasteiger partial charge in [0.2, 0.25) is 0 Å². The van der Waals surface area contributed by atoms with E-state index >= 15 is 0 Å². The average molecular weight is 261 g/mol. The highest BCUT2D eigenvalue weighted by molar-refractivity contribution is 5.84. The topological polar surface area (TPSA) is 38.3 Å². The summed E-state index contributed by atoms with van der Waals surface area (Å²) in [5, 5.41) is 3.22. The van der Waals surface area contributed by atoms with Crippen molar-refractivity contribution in [3.63, 3.8) is 0 Å². The maximum absolute atomic E-state index is 11.8. The Balaban J connectivity index is 1.74. The minimum Gasteiger partial charge on any atom is -0.493 e. The number of carbonyl (C=O) groups excluding carboxylic acids is 1. The summed E-state index contributed by atoms with van der Waals surface area (Å²) in [6, 6.07) is 8.19. The molecule has 0 aliphatic carbocycles. The van der Waals surface area contributed by atoms with E-state index in [2.05, 4.69) is 31.3 Å². The Kier molecular flexibility index (Phi) is 4.97. The summed E-state index contributed by atoms with van der Waals surface area (Å²) in [5.74, 6) is 1.65. The van der Waals surface area contributed by atoms with Crippen molar-refractivity contribution < 1.29 is 9.53 Å². The van der Waals surface area contributed by atoms with E-state index in [1.54, 1.807) is 0 Å². The van der Waals surface area contributed by atoms with Gasteiger partial charge in [-0.15, -0.1) is 0 Å². The molecule has 2 rings (SSSR count). The molecule has 1 heterocycles. The van der Waals surface area contributed by atoms with Crippen molar-refractivity contribution in [2.75, 3.05) is 13.2 Å². The fourth-order valence-corrected chi connectivity index (χ4v) is 2.35. The number of nitrogens with one attached hydrogen (secondary N) is 1. The van der Waals surface area contributed by atoms with Gasteiger partial charge in [0, 0.05) is 6.42 Å². The third-order valence-electron chi connectivity index (χ3n) is 3.61. The third kappa shape index (κ3) is 4.06. The molecule has 0 spiro atoms. The molecule has 1 aliphatic rings. The molecule has 0 saturated carbocycles. The second kappa shape index (κ2) is 6.71. The zero-order chi connectivity index (χ0) is 13.7. The Morgan fingerprint density at radius 1 is 1.37 bits per heavy atom. The van der Waals surface area contributed by atoms with Gasteiger partial charge in [-0.05, 0) is 43.0 Å². The highest BCUT2D eigenvalue weighted by Crippen LogP contribution is 2.18. The lowest BCUT2D eigenvalue weighted by Crippen LogP contribution is -2.31. The number of hydrogen-bond acceptors (Lipinski definition) is 3. The number of Topliss-reactive ketones (excluding diaryl/α,β-unsaturated/α-hetero) is 1. The summed E-state index contributed by atoms with van der Waals surface area (Å²) >= 11 is 0. The maximum atomic E-state index is 11.8. The molecule has 0 amide bonds. The van der Waals surface area contributed by atoms with Crippen LogP contribution in [0.5, 0.6) is 5.75 Å². The lowest BCUT2D eigenvalue weighted by molar-refractivity contribution is -0.121. The first-order chi connectivity index (χ1) is 9.16. The van der Waals surface area contributed by atoms with Crippen LogP contribution in [0.15, 0.2) is 24.3 Å². The van der Waals surface area contributed by atoms with Gasteiger partial charge in [-0.2, -0.15) is 0 Å². The first-order valence-corrected chi connectivity index (χ1v) is 7.15. The highest BCUT2D eigenvalue weighted by atomic mass is 16.5. The van der Waals surface area contributed by atoms with Gasteiger partial charge in [0.1, 0.15) is 5.75 Å². The highest BCUT2D eigenvalue weighted by Gasteiger charge is 2.21. The van der Waals surface area contributed by atoms with Crippen molar-refractivity contribution >= 4 is 5.78 Å². The molecule has 1 atom stereocenters. The van der Waals surface area contributed by atoms with Crippen LogP contribution in [-0.4, -0.2) is 25.0 Å². The van der Waals surface area contributed by atoms with Crippen LogP contribution in [0, 0.1) is 0 Å². The third-order valence-corrected chi connectivity index (χ3v) is 3.61. The van der Waals surface area contributed by atoms with Crippen molar-refractivity contribution in [1.82, 2.24) is 5.32 Å². The fourth-order valence-electron chi connectivity index (χ4n) is 2.35. The molecule has 0 aromatic heterocycles. The van der Waals surface area contributed by atoms with Crippen LogP contribution >= 0.6 is 0 Å². The van der Waals surface area contributed by atoms with E-state index in [0.717, 1.165) is 25.1 Å². The van der Waals surface area contributed by atoms with Crippen LogP contribution in [0.25, 0.3) is 0 Å². The minimum absolute atomic E-state index is 0.0620. The van der Waals surface area contributed by atoms with Crippen LogP contribution in [0.1, 0.15) is 44.6 Å². The maximum Gasteiger partial charge on any atom is 0.153 e. The molecule has 3 heteroatoms. The number of ether oxygens (including phenoxy) is 1. The lowest BCUT2D eigenvalue weighted by atomic mass is 10.0. The van der Waals surface area contributed by atoms with Crippen molar-refractivity contribution in [3.8, 4) is 5.75 Å². The first kappa shape index (κ1) is 14.1. The largest absolute Gasteiger partial charge is 0.493 e. The van der Waals surface area contributed by atoms with Crippen LogP contribution in [0.2, 0.25) is 0 Å². The Morgan fingerprint density at radius 3 is 2.68 bits per heavy atom. The summed E-state index contributed by atoms with van der Waals surface area (Å²) in [5.41, 5.74) is 1.30. The van der Waals surface area contributed by atoms with Crippen LogP contribution in [0.3, 0.4) is 0 Å². The first-order valence-electron chi connectivity index (χ1n) is 7.15. The molecule has 3 nitrogen and oxygen atoms in total. The summed E-state index contributed by atoms with van der Waals surface area (Å²) in [6.07, 6.45) is 2.57. The monoisotopic (exact) mass is 261 g/mol. The van der Waals surface area contributed by atoms with E-state index < -0.39 is 0 Å². The van der Waals surface area contributed by atoms with Crippen molar-refractivity contribution in [3.05, 3.63) is 29.8 Å². The van der Waals surface area contributed by atoms with Gasteiger partial charge in [-0.25, -0.2) is 0 Å². The zero-order valence-corrected chi connectivity index (χ0v) is 11.8. The van der Waals surface area contributed by atoms with Crippen LogP contribution < -0.4 is 10.1 Å². The van der Waals surface area contributed by atoms with Gasteiger partial charge >= 0.3 is 0 Å². The molecule has 1 aliphatic heterocycles. The molecular formula is C16H23NO2. The molecule has 1 aromatic rings. The van der Waals surface area contributed by atoms with Gasteiger partial charge in [0.05, 0.1) is 12.6 Å². The molecule has 1 aromatic carbocycles. The minimum atomic E-state index is 0.0620.